The number of aliphatic hydroxyl groups is 1. The first-order valence-corrected chi connectivity index (χ1v) is 9.22. The first-order chi connectivity index (χ1) is 11.0. The van der Waals surface area contributed by atoms with E-state index in [2.05, 4.69) is 9.62 Å². The lowest BCUT2D eigenvalue weighted by atomic mass is 10.2. The molecule has 1 atom stereocenters. The van der Waals surface area contributed by atoms with Gasteiger partial charge in [-0.25, -0.2) is 21.9 Å². The van der Waals surface area contributed by atoms with Crippen LogP contribution in [0.2, 0.25) is 0 Å². The van der Waals surface area contributed by atoms with Crippen LogP contribution in [0.1, 0.15) is 25.7 Å². The summed E-state index contributed by atoms with van der Waals surface area (Å²) in [4.78, 5) is 1.53. The van der Waals surface area contributed by atoms with Crippen LogP contribution < -0.4 is 4.72 Å². The predicted octanol–water partition coefficient (Wildman–Crippen LogP) is 1.48. The van der Waals surface area contributed by atoms with Crippen molar-refractivity contribution in [3.8, 4) is 0 Å². The number of unbranched alkanes of at least 4 members (excludes halogenated alkanes) is 1. The number of sulfonamides is 1. The number of aliphatic hydroxyl groups excluding tert-OH is 1. The minimum atomic E-state index is -4.05. The quantitative estimate of drug-likeness (QED) is 0.698. The van der Waals surface area contributed by atoms with Gasteiger partial charge in [0.05, 0.1) is 6.61 Å². The van der Waals surface area contributed by atoms with Gasteiger partial charge in [-0.05, 0) is 50.9 Å². The Morgan fingerprint density at radius 3 is 2.83 bits per heavy atom. The summed E-state index contributed by atoms with van der Waals surface area (Å²) >= 11 is 0. The molecule has 23 heavy (non-hydrogen) atoms. The molecule has 2 rings (SSSR count). The highest BCUT2D eigenvalue weighted by molar-refractivity contribution is 7.89. The van der Waals surface area contributed by atoms with Crippen molar-refractivity contribution in [1.29, 1.82) is 0 Å². The fraction of sp³-hybridized carbons (Fsp3) is 0.600. The molecule has 1 aliphatic heterocycles. The van der Waals surface area contributed by atoms with Gasteiger partial charge >= 0.3 is 0 Å². The Kier molecular flexibility index (Phi) is 6.46. The van der Waals surface area contributed by atoms with Crippen LogP contribution in [0.3, 0.4) is 0 Å². The molecule has 0 radical (unpaired) electrons. The third-order valence-electron chi connectivity index (χ3n) is 4.08. The van der Waals surface area contributed by atoms with Crippen molar-refractivity contribution in [2.24, 2.45) is 0 Å². The van der Waals surface area contributed by atoms with Gasteiger partial charge in [0, 0.05) is 12.6 Å². The van der Waals surface area contributed by atoms with E-state index in [0.717, 1.165) is 50.6 Å². The predicted molar refractivity (Wildman–Crippen MR) is 82.5 cm³/mol. The van der Waals surface area contributed by atoms with Gasteiger partial charge in [-0.2, -0.15) is 0 Å². The van der Waals surface area contributed by atoms with E-state index in [1.807, 2.05) is 0 Å². The number of hydrogen-bond donors (Lipinski definition) is 2. The standard InChI is InChI=1S/C15H22F2N2O3S/c16-13-6-3-7-14(15(13)17)23(21,22)18-8-1-2-9-19-10-4-5-12(19)11-20/h3,6-7,12,18,20H,1-2,4-5,8-11H2. The molecular weight excluding hydrogens is 326 g/mol. The van der Waals surface area contributed by atoms with Crippen LogP contribution in [-0.2, 0) is 10.0 Å². The maximum atomic E-state index is 13.5. The molecule has 0 saturated carbocycles. The highest BCUT2D eigenvalue weighted by Gasteiger charge is 2.23. The van der Waals surface area contributed by atoms with E-state index in [1.54, 1.807) is 0 Å². The molecule has 1 heterocycles. The average molecular weight is 348 g/mol. The molecule has 1 unspecified atom stereocenters. The van der Waals surface area contributed by atoms with Gasteiger partial charge in [0.1, 0.15) is 4.90 Å². The Hall–Kier alpha value is -1.09. The van der Waals surface area contributed by atoms with Crippen molar-refractivity contribution >= 4 is 10.0 Å². The Labute approximate surface area is 135 Å². The molecule has 2 N–H and O–H groups in total. The monoisotopic (exact) mass is 348 g/mol. The number of rotatable bonds is 8. The summed E-state index contributed by atoms with van der Waals surface area (Å²) in [5.74, 6) is -2.54. The second-order valence-electron chi connectivity index (χ2n) is 5.67. The minimum Gasteiger partial charge on any atom is -0.395 e. The molecule has 130 valence electrons. The van der Waals surface area contributed by atoms with Gasteiger partial charge in [-0.15, -0.1) is 0 Å². The average Bonchev–Trinajstić information content (AvgIpc) is 2.97. The number of halogens is 2. The normalized spacial score (nSPS) is 19.3. The molecule has 5 nitrogen and oxygen atoms in total. The molecule has 0 spiro atoms. The fourth-order valence-corrected chi connectivity index (χ4v) is 3.97. The lowest BCUT2D eigenvalue weighted by Gasteiger charge is -2.22. The topological polar surface area (TPSA) is 69.6 Å². The third-order valence-corrected chi connectivity index (χ3v) is 5.56. The zero-order chi connectivity index (χ0) is 16.9. The number of nitrogens with one attached hydrogen (secondary N) is 1. The molecule has 1 aromatic rings. The first kappa shape index (κ1) is 18.3. The molecular formula is C15H22F2N2O3S. The van der Waals surface area contributed by atoms with Crippen molar-refractivity contribution in [3.05, 3.63) is 29.8 Å². The first-order valence-electron chi connectivity index (χ1n) is 7.74. The molecule has 0 bridgehead atoms. The van der Waals surface area contributed by atoms with Crippen LogP contribution in [0.25, 0.3) is 0 Å². The van der Waals surface area contributed by atoms with Gasteiger partial charge in [-0.3, -0.25) is 4.90 Å². The maximum absolute atomic E-state index is 13.5. The van der Waals surface area contributed by atoms with Crippen molar-refractivity contribution in [2.75, 3.05) is 26.2 Å². The molecule has 0 amide bonds. The summed E-state index contributed by atoms with van der Waals surface area (Å²) in [5.41, 5.74) is 0. The smallest absolute Gasteiger partial charge is 0.243 e. The molecule has 0 aromatic heterocycles. The Balaban J connectivity index is 1.78. The highest BCUT2D eigenvalue weighted by atomic mass is 32.2. The van der Waals surface area contributed by atoms with Crippen LogP contribution in [0.4, 0.5) is 8.78 Å². The van der Waals surface area contributed by atoms with Crippen LogP contribution in [0, 0.1) is 11.6 Å². The lowest BCUT2D eigenvalue weighted by molar-refractivity contribution is 0.157. The summed E-state index contributed by atoms with van der Waals surface area (Å²) in [7, 11) is -4.05. The van der Waals surface area contributed by atoms with Crippen LogP contribution >= 0.6 is 0 Å². The van der Waals surface area contributed by atoms with E-state index in [9.17, 15) is 22.3 Å². The van der Waals surface area contributed by atoms with E-state index in [0.29, 0.717) is 6.42 Å². The van der Waals surface area contributed by atoms with E-state index in [-0.39, 0.29) is 19.2 Å². The van der Waals surface area contributed by atoms with E-state index < -0.39 is 26.6 Å². The summed E-state index contributed by atoms with van der Waals surface area (Å²) in [5, 5.41) is 9.22. The fourth-order valence-electron chi connectivity index (χ4n) is 2.81. The van der Waals surface area contributed by atoms with E-state index >= 15 is 0 Å². The largest absolute Gasteiger partial charge is 0.395 e. The van der Waals surface area contributed by atoms with Crippen molar-refractivity contribution in [3.63, 3.8) is 0 Å². The number of likely N-dealkylation sites (tertiary alicyclic amines) is 1. The maximum Gasteiger partial charge on any atom is 0.243 e. The van der Waals surface area contributed by atoms with Crippen molar-refractivity contribution in [1.82, 2.24) is 9.62 Å². The molecule has 8 heteroatoms. The number of hydrogen-bond acceptors (Lipinski definition) is 4. The van der Waals surface area contributed by atoms with E-state index in [1.165, 1.54) is 0 Å². The number of benzene rings is 1. The zero-order valence-corrected chi connectivity index (χ0v) is 13.7. The lowest BCUT2D eigenvalue weighted by Crippen LogP contribution is -2.33. The van der Waals surface area contributed by atoms with Crippen molar-refractivity contribution in [2.45, 2.75) is 36.6 Å². The molecule has 1 aromatic carbocycles. The van der Waals surface area contributed by atoms with E-state index in [4.69, 9.17) is 0 Å². The molecule has 1 saturated heterocycles. The summed E-state index contributed by atoms with van der Waals surface area (Å²) in [6.45, 7) is 2.05. The Morgan fingerprint density at radius 1 is 1.30 bits per heavy atom. The van der Waals surface area contributed by atoms with Gasteiger partial charge in [0.2, 0.25) is 10.0 Å². The molecule has 1 fully saturated rings. The second kappa shape index (κ2) is 8.14. The molecule has 1 aliphatic rings. The van der Waals surface area contributed by atoms with Gasteiger partial charge < -0.3 is 5.11 Å². The van der Waals surface area contributed by atoms with Gasteiger partial charge in [0.15, 0.2) is 11.6 Å². The van der Waals surface area contributed by atoms with Crippen LogP contribution in [-0.4, -0.2) is 50.7 Å². The Bertz CT molecular complexity index is 625. The van der Waals surface area contributed by atoms with Gasteiger partial charge in [0.25, 0.3) is 0 Å². The molecule has 0 aliphatic carbocycles. The number of nitrogens with zero attached hydrogens (tertiary/aromatic N) is 1. The Morgan fingerprint density at radius 2 is 2.09 bits per heavy atom. The third kappa shape index (κ3) is 4.69. The van der Waals surface area contributed by atoms with Crippen LogP contribution in [0.5, 0.6) is 0 Å². The second-order valence-corrected chi connectivity index (χ2v) is 7.41. The zero-order valence-electron chi connectivity index (χ0n) is 12.8. The minimum absolute atomic E-state index is 0.144. The summed E-state index contributed by atoms with van der Waals surface area (Å²) in [6.07, 6.45) is 3.41. The summed E-state index contributed by atoms with van der Waals surface area (Å²) in [6, 6.07) is 3.28. The van der Waals surface area contributed by atoms with Crippen molar-refractivity contribution < 1.29 is 22.3 Å². The van der Waals surface area contributed by atoms with Gasteiger partial charge in [-0.1, -0.05) is 6.07 Å². The SMILES string of the molecule is O=S(=O)(NCCCCN1CCCC1CO)c1cccc(F)c1F. The van der Waals surface area contributed by atoms with Crippen LogP contribution in [0.15, 0.2) is 23.1 Å². The summed E-state index contributed by atoms with van der Waals surface area (Å²) < 4.78 is 52.9. The highest BCUT2D eigenvalue weighted by Crippen LogP contribution is 2.18.